The summed E-state index contributed by atoms with van der Waals surface area (Å²) in [6, 6.07) is 25.6. The Kier molecular flexibility index (Phi) is 9.97. The van der Waals surface area contributed by atoms with Crippen LogP contribution in [0.25, 0.3) is 44.2 Å². The van der Waals surface area contributed by atoms with Crippen molar-refractivity contribution in [3.8, 4) is 33.8 Å². The van der Waals surface area contributed by atoms with E-state index in [1.54, 1.807) is 12.2 Å². The van der Waals surface area contributed by atoms with Crippen LogP contribution in [0.3, 0.4) is 0 Å². The molecule has 0 spiro atoms. The van der Waals surface area contributed by atoms with Crippen LogP contribution in [0.1, 0.15) is 36.8 Å². The van der Waals surface area contributed by atoms with E-state index in [9.17, 15) is 0 Å². The quantitative estimate of drug-likeness (QED) is 0.0986. The van der Waals surface area contributed by atoms with Gasteiger partial charge in [-0.3, -0.25) is 0 Å². The Morgan fingerprint density at radius 1 is 0.605 bits per heavy atom. The van der Waals surface area contributed by atoms with E-state index in [0.29, 0.717) is 13.2 Å². The zero-order valence-corrected chi connectivity index (χ0v) is 25.3. The van der Waals surface area contributed by atoms with Crippen molar-refractivity contribution < 1.29 is 13.9 Å². The molecule has 3 heteroatoms. The maximum Gasteiger partial charge on any atom is 0.136 e. The number of allylic oxidation sites excluding steroid dienone is 6. The number of furan rings is 1. The molecule has 43 heavy (non-hydrogen) atoms. The highest BCUT2D eigenvalue weighted by Gasteiger charge is 2.18. The topological polar surface area (TPSA) is 31.6 Å². The minimum atomic E-state index is 0.619. The van der Waals surface area contributed by atoms with Crippen molar-refractivity contribution in [2.75, 3.05) is 13.2 Å². The van der Waals surface area contributed by atoms with Gasteiger partial charge in [0.2, 0.25) is 0 Å². The Balaban J connectivity index is 1.57. The first-order valence-corrected chi connectivity index (χ1v) is 15.1. The van der Waals surface area contributed by atoms with Crippen LogP contribution in [-0.2, 0) is 0 Å². The summed E-state index contributed by atoms with van der Waals surface area (Å²) in [5.74, 6) is 1.71. The van der Waals surface area contributed by atoms with Crippen LogP contribution in [0, 0.1) is 13.8 Å². The fourth-order valence-corrected chi connectivity index (χ4v) is 5.14. The summed E-state index contributed by atoms with van der Waals surface area (Å²) in [7, 11) is 0. The number of unbranched alkanes of at least 4 members (excludes halogenated alkanes) is 2. The summed E-state index contributed by atoms with van der Waals surface area (Å²) >= 11 is 0. The molecule has 3 nitrogen and oxygen atoms in total. The Labute approximate surface area is 255 Å². The van der Waals surface area contributed by atoms with Crippen molar-refractivity contribution >= 4 is 21.9 Å². The van der Waals surface area contributed by atoms with Crippen molar-refractivity contribution in [2.45, 2.75) is 39.5 Å². The second-order valence-corrected chi connectivity index (χ2v) is 10.8. The molecule has 0 saturated heterocycles. The molecule has 1 heterocycles. The van der Waals surface area contributed by atoms with Crippen LogP contribution in [-0.4, -0.2) is 13.2 Å². The van der Waals surface area contributed by atoms with Gasteiger partial charge in [-0.05, 0) is 74.9 Å². The largest absolute Gasteiger partial charge is 0.493 e. The first kappa shape index (κ1) is 29.7. The lowest BCUT2D eigenvalue weighted by Crippen LogP contribution is -1.99. The molecular formula is C40H40O3. The van der Waals surface area contributed by atoms with E-state index in [1.807, 2.05) is 12.2 Å². The van der Waals surface area contributed by atoms with Gasteiger partial charge in [-0.1, -0.05) is 109 Å². The van der Waals surface area contributed by atoms with Crippen LogP contribution in [0.15, 0.2) is 127 Å². The van der Waals surface area contributed by atoms with Gasteiger partial charge in [0, 0.05) is 21.9 Å². The summed E-state index contributed by atoms with van der Waals surface area (Å²) in [6.07, 6.45) is 15.5. The van der Waals surface area contributed by atoms with Crippen LogP contribution in [0.4, 0.5) is 0 Å². The first-order valence-electron chi connectivity index (χ1n) is 15.1. The number of fused-ring (bicyclic) bond motifs is 3. The highest BCUT2D eigenvalue weighted by Crippen LogP contribution is 2.42. The van der Waals surface area contributed by atoms with Gasteiger partial charge in [0.15, 0.2) is 0 Å². The summed E-state index contributed by atoms with van der Waals surface area (Å²) < 4.78 is 19.4. The van der Waals surface area contributed by atoms with E-state index < -0.39 is 0 Å². The van der Waals surface area contributed by atoms with Gasteiger partial charge in [0.05, 0.1) is 13.2 Å². The predicted octanol–water partition coefficient (Wildman–Crippen LogP) is 11.3. The van der Waals surface area contributed by atoms with Crippen LogP contribution in [0.5, 0.6) is 11.5 Å². The molecule has 0 saturated carbocycles. The highest BCUT2D eigenvalue weighted by molar-refractivity contribution is 6.09. The van der Waals surface area contributed by atoms with Crippen molar-refractivity contribution in [1.82, 2.24) is 0 Å². The average molecular weight is 569 g/mol. The maximum absolute atomic E-state index is 6.53. The predicted molar refractivity (Wildman–Crippen MR) is 182 cm³/mol. The fraction of sp³-hybridized carbons (Fsp3) is 0.200. The molecule has 0 bridgehead atoms. The van der Waals surface area contributed by atoms with Gasteiger partial charge in [0.25, 0.3) is 0 Å². The van der Waals surface area contributed by atoms with Crippen molar-refractivity contribution in [2.24, 2.45) is 0 Å². The number of aryl methyl sites for hydroxylation is 2. The van der Waals surface area contributed by atoms with Gasteiger partial charge in [0.1, 0.15) is 22.7 Å². The Morgan fingerprint density at radius 2 is 1.02 bits per heavy atom. The molecule has 0 aliphatic rings. The number of hydrogen-bond donors (Lipinski definition) is 0. The molecule has 0 fully saturated rings. The van der Waals surface area contributed by atoms with E-state index in [2.05, 4.69) is 112 Å². The fourth-order valence-electron chi connectivity index (χ4n) is 5.14. The molecule has 0 atom stereocenters. The second-order valence-electron chi connectivity index (χ2n) is 10.8. The summed E-state index contributed by atoms with van der Waals surface area (Å²) in [4.78, 5) is 0. The molecule has 0 unspecified atom stereocenters. The van der Waals surface area contributed by atoms with Crippen molar-refractivity contribution in [3.63, 3.8) is 0 Å². The van der Waals surface area contributed by atoms with Crippen molar-refractivity contribution in [3.05, 3.63) is 134 Å². The molecule has 5 aromatic rings. The van der Waals surface area contributed by atoms with Crippen LogP contribution >= 0.6 is 0 Å². The summed E-state index contributed by atoms with van der Waals surface area (Å²) in [5, 5.41) is 2.03. The normalized spacial score (nSPS) is 11.6. The van der Waals surface area contributed by atoms with E-state index in [-0.39, 0.29) is 0 Å². The second kappa shape index (κ2) is 14.4. The third-order valence-corrected chi connectivity index (χ3v) is 7.49. The SMILES string of the molecule is C=C/C=C/CCCOc1cc2c(cc1-c1ccc(C)cc1)oc1cc(-c3ccc(C)cc3)c(OCCC/C=C/C=C)cc12. The van der Waals surface area contributed by atoms with E-state index in [0.717, 1.165) is 81.4 Å². The standard InChI is InChI=1S/C40H40O3/c1-5-7-9-11-13-23-41-37-27-35-36-28-38(42-24-14-12-10-8-6-2)34(32-21-17-30(4)18-22-32)26-40(36)43-39(35)25-33(37)31-19-15-29(3)16-20-31/h5-10,15-22,25-28H,1-2,11-14,23-24H2,3-4H3/b9-7+,10-8+. The molecule has 0 amide bonds. The molecule has 1 aromatic heterocycles. The maximum atomic E-state index is 6.53. The average Bonchev–Trinajstić information content (AvgIpc) is 3.37. The number of hydrogen-bond acceptors (Lipinski definition) is 3. The highest BCUT2D eigenvalue weighted by atomic mass is 16.5. The smallest absolute Gasteiger partial charge is 0.136 e. The van der Waals surface area contributed by atoms with Crippen molar-refractivity contribution in [1.29, 1.82) is 0 Å². The third-order valence-electron chi connectivity index (χ3n) is 7.49. The van der Waals surface area contributed by atoms with E-state index in [4.69, 9.17) is 13.9 Å². The molecule has 218 valence electrons. The number of benzene rings is 4. The molecule has 0 N–H and O–H groups in total. The monoisotopic (exact) mass is 568 g/mol. The van der Waals surface area contributed by atoms with E-state index >= 15 is 0 Å². The molecular weight excluding hydrogens is 528 g/mol. The summed E-state index contributed by atoms with van der Waals surface area (Å²) in [5.41, 5.74) is 8.35. The zero-order chi connectivity index (χ0) is 30.0. The lowest BCUT2D eigenvalue weighted by Gasteiger charge is -2.13. The third kappa shape index (κ3) is 7.37. The minimum absolute atomic E-state index is 0.619. The molecule has 0 aliphatic heterocycles. The minimum Gasteiger partial charge on any atom is -0.493 e. The molecule has 4 aromatic carbocycles. The van der Waals surface area contributed by atoms with Gasteiger partial charge in [-0.2, -0.15) is 0 Å². The Bertz CT molecular complexity index is 1620. The molecule has 5 rings (SSSR count). The lowest BCUT2D eigenvalue weighted by molar-refractivity contribution is 0.313. The van der Waals surface area contributed by atoms with Crippen LogP contribution < -0.4 is 9.47 Å². The van der Waals surface area contributed by atoms with Crippen LogP contribution in [0.2, 0.25) is 0 Å². The van der Waals surface area contributed by atoms with E-state index in [1.165, 1.54) is 11.1 Å². The molecule has 0 radical (unpaired) electrons. The van der Waals surface area contributed by atoms with Gasteiger partial charge < -0.3 is 13.9 Å². The van der Waals surface area contributed by atoms with Gasteiger partial charge in [-0.25, -0.2) is 0 Å². The van der Waals surface area contributed by atoms with Gasteiger partial charge >= 0.3 is 0 Å². The molecule has 0 aliphatic carbocycles. The first-order chi connectivity index (χ1) is 21.1. The summed E-state index contributed by atoms with van der Waals surface area (Å²) in [6.45, 7) is 12.9. The zero-order valence-electron chi connectivity index (χ0n) is 25.3. The Morgan fingerprint density at radius 3 is 1.42 bits per heavy atom. The lowest BCUT2D eigenvalue weighted by atomic mass is 9.99. The number of rotatable bonds is 14. The number of ether oxygens (including phenoxy) is 2. The Hall–Kier alpha value is -4.76. The van der Waals surface area contributed by atoms with Gasteiger partial charge in [-0.15, -0.1) is 0 Å².